The normalized spacial score (nSPS) is 25.6. The van der Waals surface area contributed by atoms with Gasteiger partial charge in [-0.1, -0.05) is 26.7 Å². The number of anilines is 2. The molecule has 21 heavy (non-hydrogen) atoms. The van der Waals surface area contributed by atoms with Gasteiger partial charge in [0, 0.05) is 6.54 Å². The van der Waals surface area contributed by atoms with Crippen LogP contribution < -0.4 is 10.6 Å². The summed E-state index contributed by atoms with van der Waals surface area (Å²) in [7, 11) is 0. The van der Waals surface area contributed by atoms with E-state index in [1.165, 1.54) is 6.20 Å². The highest BCUT2D eigenvalue weighted by Gasteiger charge is 2.35. The van der Waals surface area contributed by atoms with Crippen LogP contribution in [0.4, 0.5) is 16.2 Å². The number of rotatable bonds is 6. The van der Waals surface area contributed by atoms with Gasteiger partial charge in [0.2, 0.25) is 5.95 Å². The predicted molar refractivity (Wildman–Crippen MR) is 81.8 cm³/mol. The van der Waals surface area contributed by atoms with E-state index in [4.69, 9.17) is 0 Å². The number of nitrogens with zero attached hydrogens (tertiary/aromatic N) is 2. The fourth-order valence-corrected chi connectivity index (χ4v) is 2.98. The molecule has 0 saturated heterocycles. The van der Waals surface area contributed by atoms with Crippen LogP contribution in [0.1, 0.15) is 46.0 Å². The zero-order valence-corrected chi connectivity index (χ0v) is 12.8. The summed E-state index contributed by atoms with van der Waals surface area (Å²) in [5.74, 6) is 0.619. The second-order valence-electron chi connectivity index (χ2n) is 6.08. The molecule has 0 aliphatic heterocycles. The van der Waals surface area contributed by atoms with E-state index < -0.39 is 11.4 Å². The Labute approximate surface area is 125 Å². The molecule has 5 nitrogen and oxygen atoms in total. The third kappa shape index (κ3) is 4.03. The Balaban J connectivity index is 2.16. The van der Waals surface area contributed by atoms with Gasteiger partial charge < -0.3 is 15.7 Å². The van der Waals surface area contributed by atoms with Crippen LogP contribution in [0.3, 0.4) is 0 Å². The van der Waals surface area contributed by atoms with E-state index in [0.29, 0.717) is 11.9 Å². The molecule has 2 rings (SSSR count). The van der Waals surface area contributed by atoms with Crippen LogP contribution in [-0.4, -0.2) is 33.8 Å². The Morgan fingerprint density at radius 1 is 1.52 bits per heavy atom. The molecule has 2 atom stereocenters. The summed E-state index contributed by atoms with van der Waals surface area (Å²) in [5.41, 5.74) is -0.477. The van der Waals surface area contributed by atoms with Crippen molar-refractivity contribution in [3.05, 3.63) is 12.0 Å². The fraction of sp³-hybridized carbons (Fsp3) is 0.733. The van der Waals surface area contributed by atoms with Crippen LogP contribution >= 0.6 is 0 Å². The fourth-order valence-electron chi connectivity index (χ4n) is 2.98. The first-order chi connectivity index (χ1) is 10.1. The second-order valence-corrected chi connectivity index (χ2v) is 6.08. The van der Waals surface area contributed by atoms with Gasteiger partial charge in [0.15, 0.2) is 11.6 Å². The summed E-state index contributed by atoms with van der Waals surface area (Å²) in [6.45, 7) is 4.93. The van der Waals surface area contributed by atoms with E-state index >= 15 is 0 Å². The molecule has 1 aliphatic carbocycles. The molecule has 1 aromatic rings. The molecule has 1 aromatic heterocycles. The minimum absolute atomic E-state index is 0.0154. The van der Waals surface area contributed by atoms with Crippen molar-refractivity contribution in [2.45, 2.75) is 51.5 Å². The standard InChI is InChI=1S/C15H25FN4O/c1-3-7-17-14-18-9-12(16)13(19-14)20-15(10-21)6-4-5-11(2)8-15/h9,11,21H,3-8,10H2,1-2H3,(H2,17,18,19,20). The molecule has 118 valence electrons. The van der Waals surface area contributed by atoms with Crippen LogP contribution in [0.2, 0.25) is 0 Å². The van der Waals surface area contributed by atoms with Crippen LogP contribution in [0.25, 0.3) is 0 Å². The highest BCUT2D eigenvalue weighted by atomic mass is 19.1. The zero-order valence-electron chi connectivity index (χ0n) is 12.8. The Hall–Kier alpha value is -1.43. The number of nitrogens with one attached hydrogen (secondary N) is 2. The number of hydrogen-bond donors (Lipinski definition) is 3. The third-order valence-corrected chi connectivity index (χ3v) is 4.05. The molecule has 0 radical (unpaired) electrons. The van der Waals surface area contributed by atoms with Gasteiger partial charge in [-0.3, -0.25) is 0 Å². The van der Waals surface area contributed by atoms with Gasteiger partial charge in [-0.05, 0) is 25.2 Å². The van der Waals surface area contributed by atoms with E-state index in [1.807, 2.05) is 6.92 Å². The summed E-state index contributed by atoms with van der Waals surface area (Å²) in [6, 6.07) is 0. The molecule has 1 heterocycles. The minimum atomic E-state index is -0.483. The van der Waals surface area contributed by atoms with E-state index in [1.54, 1.807) is 0 Å². The number of aliphatic hydroxyl groups excluding tert-OH is 1. The molecule has 3 N–H and O–H groups in total. The molecule has 1 aliphatic rings. The van der Waals surface area contributed by atoms with Crippen LogP contribution in [-0.2, 0) is 0 Å². The van der Waals surface area contributed by atoms with Crippen molar-refractivity contribution >= 4 is 11.8 Å². The molecular formula is C15H25FN4O. The Morgan fingerprint density at radius 2 is 2.33 bits per heavy atom. The average Bonchev–Trinajstić information content (AvgIpc) is 2.48. The maximum Gasteiger partial charge on any atom is 0.224 e. The second kappa shape index (κ2) is 7.02. The predicted octanol–water partition coefficient (Wildman–Crippen LogP) is 2.79. The molecule has 1 saturated carbocycles. The van der Waals surface area contributed by atoms with Crippen LogP contribution in [0, 0.1) is 11.7 Å². The topological polar surface area (TPSA) is 70.1 Å². The first-order valence-corrected chi connectivity index (χ1v) is 7.74. The molecule has 2 unspecified atom stereocenters. The molecule has 0 bridgehead atoms. The lowest BCUT2D eigenvalue weighted by Crippen LogP contribution is -2.46. The molecule has 6 heteroatoms. The van der Waals surface area contributed by atoms with Crippen molar-refractivity contribution in [3.8, 4) is 0 Å². The van der Waals surface area contributed by atoms with Crippen LogP contribution in [0.5, 0.6) is 0 Å². The maximum atomic E-state index is 14.0. The molecular weight excluding hydrogens is 271 g/mol. The highest BCUT2D eigenvalue weighted by molar-refractivity contribution is 5.43. The first kappa shape index (κ1) is 15.9. The van der Waals surface area contributed by atoms with Crippen molar-refractivity contribution in [2.75, 3.05) is 23.8 Å². The first-order valence-electron chi connectivity index (χ1n) is 7.74. The number of aromatic nitrogens is 2. The number of halogens is 1. The van der Waals surface area contributed by atoms with Crippen molar-refractivity contribution in [2.24, 2.45) is 5.92 Å². The monoisotopic (exact) mass is 296 g/mol. The van der Waals surface area contributed by atoms with Gasteiger partial charge in [-0.2, -0.15) is 4.98 Å². The average molecular weight is 296 g/mol. The van der Waals surface area contributed by atoms with Gasteiger partial charge in [-0.15, -0.1) is 0 Å². The van der Waals surface area contributed by atoms with Crippen molar-refractivity contribution < 1.29 is 9.50 Å². The summed E-state index contributed by atoms with van der Waals surface area (Å²) in [5, 5.41) is 16.0. The SMILES string of the molecule is CCCNc1ncc(F)c(NC2(CO)CCCC(C)C2)n1. The third-order valence-electron chi connectivity index (χ3n) is 4.05. The summed E-state index contributed by atoms with van der Waals surface area (Å²) in [4.78, 5) is 8.14. The van der Waals surface area contributed by atoms with Gasteiger partial charge >= 0.3 is 0 Å². The molecule has 1 fully saturated rings. The highest BCUT2D eigenvalue weighted by Crippen LogP contribution is 2.34. The quantitative estimate of drug-likeness (QED) is 0.753. The lowest BCUT2D eigenvalue weighted by molar-refractivity contribution is 0.149. The summed E-state index contributed by atoms with van der Waals surface area (Å²) >= 11 is 0. The lowest BCUT2D eigenvalue weighted by atomic mass is 9.77. The van der Waals surface area contributed by atoms with Gasteiger partial charge in [0.05, 0.1) is 18.3 Å². The summed E-state index contributed by atoms with van der Waals surface area (Å²) < 4.78 is 14.0. The number of aliphatic hydroxyl groups is 1. The largest absolute Gasteiger partial charge is 0.394 e. The van der Waals surface area contributed by atoms with E-state index in [-0.39, 0.29) is 12.4 Å². The van der Waals surface area contributed by atoms with E-state index in [0.717, 1.165) is 38.6 Å². The van der Waals surface area contributed by atoms with Gasteiger partial charge in [-0.25, -0.2) is 9.37 Å². The summed E-state index contributed by atoms with van der Waals surface area (Å²) in [6.07, 6.45) is 5.95. The van der Waals surface area contributed by atoms with Crippen molar-refractivity contribution in [1.82, 2.24) is 9.97 Å². The van der Waals surface area contributed by atoms with Crippen LogP contribution in [0.15, 0.2) is 6.20 Å². The van der Waals surface area contributed by atoms with Crippen molar-refractivity contribution in [3.63, 3.8) is 0 Å². The molecule has 0 aromatic carbocycles. The number of hydrogen-bond acceptors (Lipinski definition) is 5. The smallest absolute Gasteiger partial charge is 0.224 e. The van der Waals surface area contributed by atoms with Gasteiger partial charge in [0.1, 0.15) is 0 Å². The van der Waals surface area contributed by atoms with Gasteiger partial charge in [0.25, 0.3) is 0 Å². The molecule has 0 spiro atoms. The Kier molecular flexibility index (Phi) is 5.33. The minimum Gasteiger partial charge on any atom is -0.394 e. The lowest BCUT2D eigenvalue weighted by Gasteiger charge is -2.39. The van der Waals surface area contributed by atoms with E-state index in [9.17, 15) is 9.50 Å². The van der Waals surface area contributed by atoms with Crippen molar-refractivity contribution in [1.29, 1.82) is 0 Å². The molecule has 0 amide bonds. The Morgan fingerprint density at radius 3 is 3.00 bits per heavy atom. The Bertz CT molecular complexity index is 471. The zero-order chi connectivity index (χ0) is 15.3. The van der Waals surface area contributed by atoms with E-state index in [2.05, 4.69) is 27.5 Å². The maximum absolute atomic E-state index is 14.0.